The number of hydrogen-bond donors (Lipinski definition) is 10. The van der Waals surface area contributed by atoms with Crippen LogP contribution in [0.25, 0.3) is 0 Å². The van der Waals surface area contributed by atoms with Crippen molar-refractivity contribution in [2.75, 3.05) is 33.0 Å². The number of aliphatic hydroxyl groups is 1. The number of hydrogen-bond acceptors (Lipinski definition) is 12. The number of methoxy groups -OCH3 is 2. The van der Waals surface area contributed by atoms with Crippen molar-refractivity contribution in [1.82, 2.24) is 26.6 Å². The van der Waals surface area contributed by atoms with Crippen LogP contribution in [0.4, 0.5) is 5.69 Å². The maximum Gasteiger partial charge on any atom is 0.253 e. The fourth-order valence-electron chi connectivity index (χ4n) is 8.31. The molecule has 0 spiro atoms. The highest BCUT2D eigenvalue weighted by atomic mass is 16.5. The van der Waals surface area contributed by atoms with Gasteiger partial charge in [0.05, 0.1) is 19.8 Å². The first-order valence-electron chi connectivity index (χ1n) is 24.5. The van der Waals surface area contributed by atoms with E-state index in [0.29, 0.717) is 29.6 Å². The average Bonchev–Trinajstić information content (AvgIpc) is 3.37. The lowest BCUT2D eigenvalue weighted by Crippen LogP contribution is -2.59. The Hall–Kier alpha value is -7.74. The van der Waals surface area contributed by atoms with Crippen molar-refractivity contribution in [3.05, 3.63) is 124 Å². The summed E-state index contributed by atoms with van der Waals surface area (Å²) < 4.78 is 10.4. The summed E-state index contributed by atoms with van der Waals surface area (Å²) in [6.45, 7) is 1.42. The van der Waals surface area contributed by atoms with Crippen molar-refractivity contribution < 1.29 is 48.1 Å². The zero-order valence-corrected chi connectivity index (χ0v) is 42.0. The van der Waals surface area contributed by atoms with Crippen molar-refractivity contribution in [2.24, 2.45) is 22.2 Å². The number of benzene rings is 3. The quantitative estimate of drug-likeness (QED) is 0.0192. The zero-order valence-electron chi connectivity index (χ0n) is 42.0. The summed E-state index contributed by atoms with van der Waals surface area (Å²) in [5.41, 5.74) is 25.6. The molecule has 0 bridgehead atoms. The Labute approximate surface area is 426 Å². The molecule has 6 amide bonds. The molecule has 0 saturated heterocycles. The van der Waals surface area contributed by atoms with Crippen LogP contribution >= 0.6 is 0 Å². The van der Waals surface area contributed by atoms with Gasteiger partial charge in [0.2, 0.25) is 41.1 Å². The van der Waals surface area contributed by atoms with Crippen LogP contribution in [0.3, 0.4) is 0 Å². The maximum atomic E-state index is 14.3. The topological polar surface area (TPSA) is 335 Å². The molecule has 1 aliphatic carbocycles. The number of amides is 6. The SMILES string of the molecule is COC1=C(OC)C(O)C(CCCCCCCCCC(=O)NC(Cc2ccccc2)C(=O)NC(CCCN=C(N)N)C(=O)NC(Cc2ccccc2)C(=O)NC(CNC(=O)c2ccccc2N)C(N)=O)=C(C)C1=O. The number of nitrogens with two attached hydrogens (primary N) is 4. The Morgan fingerprint density at radius 3 is 1.74 bits per heavy atom. The van der Waals surface area contributed by atoms with Gasteiger partial charge in [-0.25, -0.2) is 0 Å². The number of rotatable bonds is 31. The highest BCUT2D eigenvalue weighted by Gasteiger charge is 2.35. The largest absolute Gasteiger partial charge is 0.494 e. The van der Waals surface area contributed by atoms with Gasteiger partial charge in [-0.1, -0.05) is 105 Å². The first-order valence-corrected chi connectivity index (χ1v) is 24.5. The first kappa shape index (κ1) is 57.8. The molecule has 20 heteroatoms. The van der Waals surface area contributed by atoms with Gasteiger partial charge in [-0.15, -0.1) is 0 Å². The molecule has 0 aromatic heterocycles. The highest BCUT2D eigenvalue weighted by molar-refractivity contribution is 6.08. The maximum absolute atomic E-state index is 14.3. The lowest BCUT2D eigenvalue weighted by atomic mass is 9.88. The molecule has 14 N–H and O–H groups in total. The van der Waals surface area contributed by atoms with Crippen molar-refractivity contribution in [1.29, 1.82) is 0 Å². The Morgan fingerprint density at radius 2 is 1.18 bits per heavy atom. The summed E-state index contributed by atoms with van der Waals surface area (Å²) in [5, 5.41) is 24.4. The monoisotopic (exact) mass is 1010 g/mol. The number of carbonyl (C=O) groups is 7. The van der Waals surface area contributed by atoms with Crippen LogP contribution in [0.2, 0.25) is 0 Å². The number of unbranched alkanes of at least 4 members (excludes halogenated alkanes) is 6. The van der Waals surface area contributed by atoms with Gasteiger partial charge >= 0.3 is 0 Å². The number of carbonyl (C=O) groups excluding carboxylic acids is 7. The summed E-state index contributed by atoms with van der Waals surface area (Å²) in [6.07, 6.45) is 5.75. The third-order valence-corrected chi connectivity index (χ3v) is 12.4. The number of nitrogen functional groups attached to an aromatic ring is 1. The molecule has 1 aliphatic rings. The third-order valence-electron chi connectivity index (χ3n) is 12.4. The number of aliphatic imine (C=N–C) groups is 1. The third kappa shape index (κ3) is 18.8. The lowest BCUT2D eigenvalue weighted by Gasteiger charge is -2.26. The van der Waals surface area contributed by atoms with E-state index in [1.54, 1.807) is 49.4 Å². The molecule has 0 heterocycles. The number of nitrogens with one attached hydrogen (secondary N) is 5. The number of guanidine groups is 1. The molecule has 5 atom stereocenters. The molecule has 0 aliphatic heterocycles. The predicted octanol–water partition coefficient (Wildman–Crippen LogP) is 2.24. The minimum Gasteiger partial charge on any atom is -0.494 e. The predicted molar refractivity (Wildman–Crippen MR) is 277 cm³/mol. The number of Topliss-reactive ketones (excluding diaryl/α,β-unsaturated/α-hetero) is 1. The Morgan fingerprint density at radius 1 is 0.658 bits per heavy atom. The van der Waals surface area contributed by atoms with Gasteiger partial charge in [-0.3, -0.25) is 38.6 Å². The molecule has 73 heavy (non-hydrogen) atoms. The standard InChI is InChI=1S/C53H72N10O10/c1-33-36(45(66)47(73-3)46(72-2)44(33)65)24-15-7-5-4-6-8-16-28-43(64)60-40(30-34-20-11-9-12-21-34)51(70)61-39(27-19-29-58-53(56)57)50(69)62-41(31-35-22-13-10-14-23-35)52(71)63-42(48(55)67)32-59-49(68)37-25-17-18-26-38(37)54/h9-14,17-18,20-23,25-26,39-42,45,66H,4-8,15-16,19,24,27-32,54H2,1-3H3,(H2,55,67)(H,59,68)(H,60,64)(H,61,70)(H,62,69)(H,63,71)(H4,56,57,58). The number of ketones is 1. The molecule has 5 unspecified atom stereocenters. The Balaban J connectivity index is 1.39. The summed E-state index contributed by atoms with van der Waals surface area (Å²) in [7, 11) is 2.77. The van der Waals surface area contributed by atoms with E-state index in [-0.39, 0.29) is 85.6 Å². The van der Waals surface area contributed by atoms with Crippen LogP contribution in [-0.2, 0) is 51.1 Å². The van der Waals surface area contributed by atoms with E-state index in [9.17, 15) is 38.7 Å². The minimum atomic E-state index is -1.39. The van der Waals surface area contributed by atoms with Gasteiger partial charge < -0.3 is 64.1 Å². The molecule has 0 fully saturated rings. The second kappa shape index (κ2) is 30.2. The molecule has 0 radical (unpaired) electrons. The summed E-state index contributed by atoms with van der Waals surface area (Å²) in [4.78, 5) is 98.2. The first-order chi connectivity index (χ1) is 35.0. The van der Waals surface area contributed by atoms with Crippen LogP contribution in [0.1, 0.15) is 99.0 Å². The van der Waals surface area contributed by atoms with Crippen LogP contribution in [0.5, 0.6) is 0 Å². The van der Waals surface area contributed by atoms with Crippen LogP contribution in [0.15, 0.2) is 113 Å². The number of aliphatic hydroxyl groups excluding tert-OH is 1. The molecule has 3 aromatic rings. The van der Waals surface area contributed by atoms with E-state index in [0.717, 1.165) is 44.1 Å². The van der Waals surface area contributed by atoms with Gasteiger partial charge in [0.25, 0.3) is 5.91 Å². The highest BCUT2D eigenvalue weighted by Crippen LogP contribution is 2.32. The summed E-state index contributed by atoms with van der Waals surface area (Å²) >= 11 is 0. The average molecular weight is 1010 g/mol. The second-order valence-electron chi connectivity index (χ2n) is 17.8. The number of para-hydroxylation sites is 1. The normalized spacial score (nSPS) is 15.0. The van der Waals surface area contributed by atoms with E-state index < -0.39 is 59.8 Å². The van der Waals surface area contributed by atoms with E-state index >= 15 is 0 Å². The summed E-state index contributed by atoms with van der Waals surface area (Å²) in [5.74, 6) is -4.39. The van der Waals surface area contributed by atoms with Gasteiger partial charge in [0.1, 0.15) is 30.3 Å². The molecule has 4 rings (SSSR count). The minimum absolute atomic E-state index is 0.0201. The smallest absolute Gasteiger partial charge is 0.253 e. The van der Waals surface area contributed by atoms with Crippen LogP contribution < -0.4 is 49.5 Å². The second-order valence-corrected chi connectivity index (χ2v) is 17.8. The fourth-order valence-corrected chi connectivity index (χ4v) is 8.31. The van der Waals surface area contributed by atoms with Crippen LogP contribution in [-0.4, -0.2) is 110 Å². The Bertz CT molecular complexity index is 2440. The molecular weight excluding hydrogens is 937 g/mol. The molecular formula is C53H72N10O10. The lowest BCUT2D eigenvalue weighted by molar-refractivity contribution is -0.134. The van der Waals surface area contributed by atoms with E-state index in [4.69, 9.17) is 32.4 Å². The van der Waals surface area contributed by atoms with Gasteiger partial charge in [-0.2, -0.15) is 0 Å². The molecule has 20 nitrogen and oxygen atoms in total. The van der Waals surface area contributed by atoms with E-state index in [1.807, 2.05) is 30.3 Å². The molecule has 0 saturated carbocycles. The van der Waals surface area contributed by atoms with Crippen molar-refractivity contribution in [2.45, 2.75) is 121 Å². The van der Waals surface area contributed by atoms with Crippen LogP contribution in [0, 0.1) is 0 Å². The van der Waals surface area contributed by atoms with Crippen molar-refractivity contribution in [3.63, 3.8) is 0 Å². The van der Waals surface area contributed by atoms with Gasteiger partial charge in [-0.05, 0) is 67.9 Å². The molecule has 3 aromatic carbocycles. The van der Waals surface area contributed by atoms with Crippen molar-refractivity contribution >= 4 is 52.9 Å². The fraction of sp³-hybridized carbons (Fsp3) is 0.434. The van der Waals surface area contributed by atoms with Crippen molar-refractivity contribution in [3.8, 4) is 0 Å². The van der Waals surface area contributed by atoms with E-state index in [2.05, 4.69) is 31.6 Å². The number of primary amides is 1. The zero-order chi connectivity index (χ0) is 53.3. The van der Waals surface area contributed by atoms with Gasteiger partial charge in [0, 0.05) is 43.6 Å². The number of allylic oxidation sites excluding steroid dienone is 1. The van der Waals surface area contributed by atoms with E-state index in [1.165, 1.54) is 26.4 Å². The number of anilines is 1. The Kier molecular flexibility index (Phi) is 23.9. The summed E-state index contributed by atoms with van der Waals surface area (Å²) in [6, 6.07) is 19.2. The number of nitrogens with zero attached hydrogens (tertiary/aromatic N) is 1. The van der Waals surface area contributed by atoms with Gasteiger partial charge in [0.15, 0.2) is 11.7 Å². The number of ether oxygens (including phenoxy) is 2. The molecule has 394 valence electrons.